The number of hydrogen-bond acceptors (Lipinski definition) is 3. The number of phenols is 1. The predicted molar refractivity (Wildman–Crippen MR) is 62.3 cm³/mol. The van der Waals surface area contributed by atoms with Crippen molar-refractivity contribution in [1.29, 1.82) is 0 Å². The molecule has 1 aromatic rings. The average Bonchev–Trinajstić information content (AvgIpc) is 2.62. The normalized spacial score (nSPS) is 21.9. The first-order chi connectivity index (χ1) is 7.59. The van der Waals surface area contributed by atoms with Crippen LogP contribution in [0.2, 0.25) is 0 Å². The molecule has 0 aromatic heterocycles. The molecule has 0 radical (unpaired) electrons. The van der Waals surface area contributed by atoms with Crippen molar-refractivity contribution in [2.75, 3.05) is 6.54 Å². The number of hydrogen-bond donors (Lipinski definition) is 1. The Morgan fingerprint density at radius 3 is 2.50 bits per heavy atom. The molecule has 1 aliphatic rings. The number of aromatic hydroxyl groups is 1. The van der Waals surface area contributed by atoms with Crippen LogP contribution in [0.15, 0.2) is 24.3 Å². The van der Waals surface area contributed by atoms with Crippen LogP contribution < -0.4 is 0 Å². The first-order valence-electron chi connectivity index (χ1n) is 5.67. The van der Waals surface area contributed by atoms with E-state index in [9.17, 15) is 9.90 Å². The van der Waals surface area contributed by atoms with Crippen LogP contribution in [0.25, 0.3) is 0 Å². The Balaban J connectivity index is 2.30. The smallest absolute Gasteiger partial charge is 0.155 e. The van der Waals surface area contributed by atoms with E-state index in [0.29, 0.717) is 12.5 Å². The molecule has 1 saturated heterocycles. The lowest BCUT2D eigenvalue weighted by molar-refractivity contribution is -0.120. The Morgan fingerprint density at radius 2 is 1.94 bits per heavy atom. The van der Waals surface area contributed by atoms with Crippen molar-refractivity contribution in [2.24, 2.45) is 0 Å². The molecule has 86 valence electrons. The Hall–Kier alpha value is -1.35. The number of rotatable bonds is 2. The second kappa shape index (κ2) is 4.26. The highest BCUT2D eigenvalue weighted by molar-refractivity contribution is 5.87. The lowest BCUT2D eigenvalue weighted by atomic mass is 10.0. The molecule has 1 aliphatic heterocycles. The van der Waals surface area contributed by atoms with Crippen molar-refractivity contribution in [1.82, 2.24) is 4.90 Å². The van der Waals surface area contributed by atoms with Gasteiger partial charge >= 0.3 is 0 Å². The highest BCUT2D eigenvalue weighted by Gasteiger charge is 2.34. The van der Waals surface area contributed by atoms with Gasteiger partial charge in [-0.15, -0.1) is 0 Å². The summed E-state index contributed by atoms with van der Waals surface area (Å²) < 4.78 is 0. The van der Waals surface area contributed by atoms with Gasteiger partial charge in [-0.2, -0.15) is 0 Å². The minimum absolute atomic E-state index is 0.124. The van der Waals surface area contributed by atoms with Gasteiger partial charge in [-0.05, 0) is 31.5 Å². The molecule has 16 heavy (non-hydrogen) atoms. The highest BCUT2D eigenvalue weighted by Crippen LogP contribution is 2.31. The van der Waals surface area contributed by atoms with Gasteiger partial charge in [-0.1, -0.05) is 12.1 Å². The third-order valence-corrected chi connectivity index (χ3v) is 3.13. The molecule has 1 heterocycles. The summed E-state index contributed by atoms with van der Waals surface area (Å²) in [5, 5.41) is 9.24. The van der Waals surface area contributed by atoms with Crippen molar-refractivity contribution in [3.63, 3.8) is 0 Å². The summed E-state index contributed by atoms with van der Waals surface area (Å²) in [6.45, 7) is 5.04. The van der Waals surface area contributed by atoms with Gasteiger partial charge in [0.1, 0.15) is 5.75 Å². The van der Waals surface area contributed by atoms with Crippen molar-refractivity contribution in [2.45, 2.75) is 32.4 Å². The lowest BCUT2D eigenvalue weighted by Gasteiger charge is -2.27. The number of phenolic OH excluding ortho intramolecular Hbond substituents is 1. The standard InChI is InChI=1S/C13H17NO2/c1-9(2)14-8-7-12(16)13(14)10-3-5-11(15)6-4-10/h3-6,9,13,15H,7-8H2,1-2H3. The molecule has 0 bridgehead atoms. The number of nitrogens with zero attached hydrogens (tertiary/aromatic N) is 1. The van der Waals surface area contributed by atoms with Crippen LogP contribution in [-0.2, 0) is 4.79 Å². The fourth-order valence-electron chi connectivity index (χ4n) is 2.28. The van der Waals surface area contributed by atoms with Crippen LogP contribution in [0.4, 0.5) is 0 Å². The topological polar surface area (TPSA) is 40.5 Å². The fourth-order valence-corrected chi connectivity index (χ4v) is 2.28. The maximum atomic E-state index is 11.9. The summed E-state index contributed by atoms with van der Waals surface area (Å²) in [5.41, 5.74) is 0.981. The van der Waals surface area contributed by atoms with Gasteiger partial charge in [0, 0.05) is 19.0 Å². The van der Waals surface area contributed by atoms with E-state index in [1.165, 1.54) is 0 Å². The van der Waals surface area contributed by atoms with E-state index < -0.39 is 0 Å². The van der Waals surface area contributed by atoms with Crippen molar-refractivity contribution < 1.29 is 9.90 Å². The zero-order valence-electron chi connectivity index (χ0n) is 9.68. The molecule has 0 amide bonds. The van der Waals surface area contributed by atoms with Gasteiger partial charge < -0.3 is 5.11 Å². The zero-order valence-corrected chi connectivity index (χ0v) is 9.68. The lowest BCUT2D eigenvalue weighted by Crippen LogP contribution is -2.31. The van der Waals surface area contributed by atoms with Gasteiger partial charge in [0.2, 0.25) is 0 Å². The Kier molecular flexibility index (Phi) is 2.97. The summed E-state index contributed by atoms with van der Waals surface area (Å²) in [6.07, 6.45) is 0.629. The summed E-state index contributed by atoms with van der Waals surface area (Å²) in [6, 6.07) is 7.18. The minimum atomic E-state index is -0.124. The molecule has 0 aliphatic carbocycles. The Bertz CT molecular complexity index is 383. The van der Waals surface area contributed by atoms with Crippen LogP contribution >= 0.6 is 0 Å². The van der Waals surface area contributed by atoms with Crippen LogP contribution in [-0.4, -0.2) is 28.4 Å². The fraction of sp³-hybridized carbons (Fsp3) is 0.462. The molecule has 2 rings (SSSR count). The largest absolute Gasteiger partial charge is 0.508 e. The van der Waals surface area contributed by atoms with Crippen LogP contribution in [0.3, 0.4) is 0 Å². The molecule has 3 nitrogen and oxygen atoms in total. The predicted octanol–water partition coefficient (Wildman–Crippen LogP) is 2.12. The summed E-state index contributed by atoms with van der Waals surface area (Å²) in [4.78, 5) is 14.1. The summed E-state index contributed by atoms with van der Waals surface area (Å²) >= 11 is 0. The zero-order chi connectivity index (χ0) is 11.7. The number of carbonyl (C=O) groups is 1. The summed E-state index contributed by atoms with van der Waals surface area (Å²) in [7, 11) is 0. The quantitative estimate of drug-likeness (QED) is 0.828. The molecular formula is C13H17NO2. The number of Topliss-reactive ketones (excluding diaryl/α,β-unsaturated/α-hetero) is 1. The molecule has 1 N–H and O–H groups in total. The third kappa shape index (κ3) is 1.95. The van der Waals surface area contributed by atoms with Crippen LogP contribution in [0.5, 0.6) is 5.75 Å². The van der Waals surface area contributed by atoms with Gasteiger partial charge in [-0.25, -0.2) is 0 Å². The molecule has 1 fully saturated rings. The molecule has 3 heteroatoms. The number of likely N-dealkylation sites (tertiary alicyclic amines) is 1. The monoisotopic (exact) mass is 219 g/mol. The summed E-state index contributed by atoms with van der Waals surface area (Å²) in [5.74, 6) is 0.518. The molecular weight excluding hydrogens is 202 g/mol. The first-order valence-corrected chi connectivity index (χ1v) is 5.67. The molecule has 1 unspecified atom stereocenters. The molecule has 0 spiro atoms. The van der Waals surface area contributed by atoms with E-state index in [4.69, 9.17) is 0 Å². The van der Waals surface area contributed by atoms with Gasteiger partial charge in [0.25, 0.3) is 0 Å². The second-order valence-electron chi connectivity index (χ2n) is 4.54. The Morgan fingerprint density at radius 1 is 1.31 bits per heavy atom. The van der Waals surface area contributed by atoms with E-state index >= 15 is 0 Å². The average molecular weight is 219 g/mol. The number of ketones is 1. The maximum absolute atomic E-state index is 11.9. The molecule has 1 atom stereocenters. The first kappa shape index (κ1) is 11.1. The maximum Gasteiger partial charge on any atom is 0.155 e. The third-order valence-electron chi connectivity index (χ3n) is 3.13. The SMILES string of the molecule is CC(C)N1CCC(=O)C1c1ccc(O)cc1. The van der Waals surface area contributed by atoms with Crippen molar-refractivity contribution in [3.8, 4) is 5.75 Å². The van der Waals surface area contributed by atoms with Crippen LogP contribution in [0.1, 0.15) is 31.9 Å². The van der Waals surface area contributed by atoms with E-state index in [2.05, 4.69) is 18.7 Å². The van der Waals surface area contributed by atoms with Gasteiger partial charge in [0.05, 0.1) is 6.04 Å². The Labute approximate surface area is 95.7 Å². The minimum Gasteiger partial charge on any atom is -0.508 e. The number of carbonyl (C=O) groups excluding carboxylic acids is 1. The second-order valence-corrected chi connectivity index (χ2v) is 4.54. The van der Waals surface area contributed by atoms with Crippen molar-refractivity contribution >= 4 is 5.78 Å². The molecule has 0 saturated carbocycles. The van der Waals surface area contributed by atoms with Crippen LogP contribution in [0, 0.1) is 0 Å². The van der Waals surface area contributed by atoms with Crippen molar-refractivity contribution in [3.05, 3.63) is 29.8 Å². The van der Waals surface area contributed by atoms with Gasteiger partial charge in [0.15, 0.2) is 5.78 Å². The van der Waals surface area contributed by atoms with E-state index in [1.807, 2.05) is 12.1 Å². The highest BCUT2D eigenvalue weighted by atomic mass is 16.3. The van der Waals surface area contributed by atoms with E-state index in [-0.39, 0.29) is 17.6 Å². The van der Waals surface area contributed by atoms with Gasteiger partial charge in [-0.3, -0.25) is 9.69 Å². The molecule has 1 aromatic carbocycles. The van der Waals surface area contributed by atoms with E-state index in [1.54, 1.807) is 12.1 Å². The van der Waals surface area contributed by atoms with E-state index in [0.717, 1.165) is 12.1 Å². The number of benzene rings is 1.